The van der Waals surface area contributed by atoms with Gasteiger partial charge in [0, 0.05) is 28.9 Å². The molecule has 126 valence electrons. The van der Waals surface area contributed by atoms with Crippen molar-refractivity contribution < 1.29 is 14.0 Å². The van der Waals surface area contributed by atoms with Crippen LogP contribution in [-0.2, 0) is 4.79 Å². The van der Waals surface area contributed by atoms with E-state index in [0.717, 1.165) is 0 Å². The van der Waals surface area contributed by atoms with Crippen LogP contribution in [0.5, 0.6) is 0 Å². The fraction of sp³-hybridized carbons (Fsp3) is 0.0588. The lowest BCUT2D eigenvalue weighted by Gasteiger charge is -2.06. The van der Waals surface area contributed by atoms with Gasteiger partial charge >= 0.3 is 11.8 Å². The van der Waals surface area contributed by atoms with E-state index in [4.69, 9.17) is 16.0 Å². The highest BCUT2D eigenvalue weighted by molar-refractivity contribution is 6.30. The number of carbonyl (C=O) groups is 2. The summed E-state index contributed by atoms with van der Waals surface area (Å²) in [5.74, 6) is -0.704. The van der Waals surface area contributed by atoms with Crippen LogP contribution >= 0.6 is 11.6 Å². The SMILES string of the molecule is CC(=O)Nc1cccc(NC(=O)c2nnc(-c3ccc(Cl)cc3)o2)c1. The van der Waals surface area contributed by atoms with E-state index in [0.29, 0.717) is 22.0 Å². The fourth-order valence-electron chi connectivity index (χ4n) is 2.09. The van der Waals surface area contributed by atoms with Crippen LogP contribution in [0.25, 0.3) is 11.5 Å². The Hall–Kier alpha value is -3.19. The van der Waals surface area contributed by atoms with Gasteiger partial charge in [-0.25, -0.2) is 0 Å². The zero-order valence-corrected chi connectivity index (χ0v) is 13.9. The number of nitrogens with one attached hydrogen (secondary N) is 2. The minimum atomic E-state index is -0.548. The molecule has 0 atom stereocenters. The van der Waals surface area contributed by atoms with Crippen LogP contribution in [-0.4, -0.2) is 22.0 Å². The van der Waals surface area contributed by atoms with E-state index >= 15 is 0 Å². The topological polar surface area (TPSA) is 97.1 Å². The summed E-state index contributed by atoms with van der Waals surface area (Å²) in [5, 5.41) is 13.5. The Balaban J connectivity index is 1.74. The number of amides is 2. The monoisotopic (exact) mass is 356 g/mol. The molecule has 1 aromatic heterocycles. The zero-order valence-electron chi connectivity index (χ0n) is 13.1. The van der Waals surface area contributed by atoms with Crippen molar-refractivity contribution in [3.8, 4) is 11.5 Å². The summed E-state index contributed by atoms with van der Waals surface area (Å²) >= 11 is 5.83. The second kappa shape index (κ2) is 7.14. The second-order valence-electron chi connectivity index (χ2n) is 5.14. The van der Waals surface area contributed by atoms with E-state index in [1.807, 2.05) is 0 Å². The van der Waals surface area contributed by atoms with Crippen LogP contribution in [0.2, 0.25) is 5.02 Å². The number of aromatic nitrogens is 2. The Morgan fingerprint density at radius 3 is 2.36 bits per heavy atom. The Bertz CT molecular complexity index is 922. The molecular weight excluding hydrogens is 344 g/mol. The molecule has 0 aliphatic carbocycles. The van der Waals surface area contributed by atoms with Crippen LogP contribution in [0.15, 0.2) is 52.9 Å². The van der Waals surface area contributed by atoms with E-state index in [1.54, 1.807) is 48.5 Å². The van der Waals surface area contributed by atoms with Gasteiger partial charge in [0.05, 0.1) is 0 Å². The lowest BCUT2D eigenvalue weighted by Crippen LogP contribution is -2.13. The maximum absolute atomic E-state index is 12.2. The molecule has 3 aromatic rings. The average Bonchev–Trinajstić information content (AvgIpc) is 3.05. The number of rotatable bonds is 4. The van der Waals surface area contributed by atoms with Crippen LogP contribution < -0.4 is 10.6 Å². The third-order valence-electron chi connectivity index (χ3n) is 3.15. The Kier molecular flexibility index (Phi) is 4.76. The van der Waals surface area contributed by atoms with E-state index in [-0.39, 0.29) is 17.7 Å². The van der Waals surface area contributed by atoms with Gasteiger partial charge in [-0.2, -0.15) is 0 Å². The lowest BCUT2D eigenvalue weighted by atomic mass is 10.2. The van der Waals surface area contributed by atoms with Crippen LogP contribution in [0.1, 0.15) is 17.6 Å². The molecule has 7 nitrogen and oxygen atoms in total. The van der Waals surface area contributed by atoms with Gasteiger partial charge in [-0.3, -0.25) is 9.59 Å². The molecule has 2 aromatic carbocycles. The van der Waals surface area contributed by atoms with Gasteiger partial charge in [0.1, 0.15) is 0 Å². The van der Waals surface area contributed by atoms with Crippen molar-refractivity contribution in [3.63, 3.8) is 0 Å². The third-order valence-corrected chi connectivity index (χ3v) is 3.40. The summed E-state index contributed by atoms with van der Waals surface area (Å²) in [6.45, 7) is 1.40. The molecular formula is C17H13ClN4O3. The molecule has 0 aliphatic heterocycles. The average molecular weight is 357 g/mol. The van der Waals surface area contributed by atoms with Gasteiger partial charge in [-0.1, -0.05) is 17.7 Å². The summed E-state index contributed by atoms with van der Waals surface area (Å²) in [7, 11) is 0. The highest BCUT2D eigenvalue weighted by atomic mass is 35.5. The molecule has 2 amide bonds. The highest BCUT2D eigenvalue weighted by Gasteiger charge is 2.16. The van der Waals surface area contributed by atoms with Crippen molar-refractivity contribution in [1.82, 2.24) is 10.2 Å². The first-order valence-electron chi connectivity index (χ1n) is 7.30. The van der Waals surface area contributed by atoms with E-state index in [2.05, 4.69) is 20.8 Å². The summed E-state index contributed by atoms with van der Waals surface area (Å²) in [5.41, 5.74) is 1.71. The fourth-order valence-corrected chi connectivity index (χ4v) is 2.21. The van der Waals surface area contributed by atoms with E-state index in [1.165, 1.54) is 6.92 Å². The number of anilines is 2. The number of hydrogen-bond donors (Lipinski definition) is 2. The van der Waals surface area contributed by atoms with Gasteiger partial charge in [0.15, 0.2) is 0 Å². The van der Waals surface area contributed by atoms with Crippen molar-refractivity contribution in [2.75, 3.05) is 10.6 Å². The Morgan fingerprint density at radius 2 is 1.68 bits per heavy atom. The molecule has 0 spiro atoms. The Morgan fingerprint density at radius 1 is 1.00 bits per heavy atom. The quantitative estimate of drug-likeness (QED) is 0.744. The van der Waals surface area contributed by atoms with Gasteiger partial charge in [0.2, 0.25) is 11.8 Å². The normalized spacial score (nSPS) is 10.3. The van der Waals surface area contributed by atoms with Crippen LogP contribution in [0, 0.1) is 0 Å². The van der Waals surface area contributed by atoms with Gasteiger partial charge < -0.3 is 15.1 Å². The Labute approximate surface area is 148 Å². The first-order valence-corrected chi connectivity index (χ1v) is 7.67. The van der Waals surface area contributed by atoms with Crippen molar-refractivity contribution in [2.24, 2.45) is 0 Å². The lowest BCUT2D eigenvalue weighted by molar-refractivity contribution is -0.114. The molecule has 0 fully saturated rings. The third kappa shape index (κ3) is 4.21. The number of carbonyl (C=O) groups excluding carboxylic acids is 2. The molecule has 0 bridgehead atoms. The number of halogens is 1. The maximum Gasteiger partial charge on any atom is 0.313 e. The van der Waals surface area contributed by atoms with Crippen molar-refractivity contribution in [1.29, 1.82) is 0 Å². The molecule has 0 radical (unpaired) electrons. The number of benzene rings is 2. The predicted molar refractivity (Wildman–Crippen MR) is 93.4 cm³/mol. The van der Waals surface area contributed by atoms with Crippen molar-refractivity contribution in [3.05, 3.63) is 59.4 Å². The molecule has 0 aliphatic rings. The molecule has 3 rings (SSSR count). The van der Waals surface area contributed by atoms with Crippen molar-refractivity contribution in [2.45, 2.75) is 6.92 Å². The minimum Gasteiger partial charge on any atom is -0.412 e. The summed E-state index contributed by atoms with van der Waals surface area (Å²) < 4.78 is 5.39. The zero-order chi connectivity index (χ0) is 17.8. The molecule has 1 heterocycles. The minimum absolute atomic E-state index is 0.171. The maximum atomic E-state index is 12.2. The van der Waals surface area contributed by atoms with Gasteiger partial charge in [-0.15, -0.1) is 10.2 Å². The second-order valence-corrected chi connectivity index (χ2v) is 5.57. The first kappa shape index (κ1) is 16.7. The number of hydrogen-bond acceptors (Lipinski definition) is 5. The smallest absolute Gasteiger partial charge is 0.313 e. The molecule has 0 saturated carbocycles. The van der Waals surface area contributed by atoms with Crippen LogP contribution in [0.3, 0.4) is 0 Å². The largest absolute Gasteiger partial charge is 0.412 e. The summed E-state index contributed by atoms with van der Waals surface area (Å²) in [6, 6.07) is 13.5. The molecule has 0 unspecified atom stereocenters. The summed E-state index contributed by atoms with van der Waals surface area (Å²) in [6.07, 6.45) is 0. The van der Waals surface area contributed by atoms with Crippen LogP contribution in [0.4, 0.5) is 11.4 Å². The van der Waals surface area contributed by atoms with Gasteiger partial charge in [0.25, 0.3) is 0 Å². The first-order chi connectivity index (χ1) is 12.0. The van der Waals surface area contributed by atoms with E-state index < -0.39 is 5.91 Å². The molecule has 8 heteroatoms. The molecule has 25 heavy (non-hydrogen) atoms. The van der Waals surface area contributed by atoms with Gasteiger partial charge in [-0.05, 0) is 42.5 Å². The highest BCUT2D eigenvalue weighted by Crippen LogP contribution is 2.21. The summed E-state index contributed by atoms with van der Waals surface area (Å²) in [4.78, 5) is 23.3. The molecule has 0 saturated heterocycles. The van der Waals surface area contributed by atoms with E-state index in [9.17, 15) is 9.59 Å². The standard InChI is InChI=1S/C17H13ClN4O3/c1-10(23)19-13-3-2-4-14(9-13)20-15(24)17-22-21-16(25-17)11-5-7-12(18)8-6-11/h2-9H,1H3,(H,19,23)(H,20,24). The molecule has 2 N–H and O–H groups in total. The predicted octanol–water partition coefficient (Wildman–Crippen LogP) is 3.60. The van der Waals surface area contributed by atoms with Crippen molar-refractivity contribution >= 4 is 34.8 Å². The number of nitrogens with zero attached hydrogens (tertiary/aromatic N) is 2.